The van der Waals surface area contributed by atoms with Crippen LogP contribution in [0.4, 0.5) is 10.2 Å². The Morgan fingerprint density at radius 3 is 2.38 bits per heavy atom. The van der Waals surface area contributed by atoms with E-state index in [9.17, 15) is 9.65 Å². The highest BCUT2D eigenvalue weighted by molar-refractivity contribution is 6.02. The molecule has 5 heteroatoms. The molecule has 0 atom stereocenters. The standard InChI is InChI=1S/C27H19FN4/c28-20-12-10-18(11-13-20)16-32-17-24(21-8-4-5-9-25(21)32)26-22(14-29)27(30)31-15-23(26)19-6-2-1-3-7-19/h1-13,15,17H,16H2,(H2,30,31). The molecule has 2 aromatic heterocycles. The number of halogens is 1. The Morgan fingerprint density at radius 2 is 1.62 bits per heavy atom. The van der Waals surface area contributed by atoms with Gasteiger partial charge in [0.2, 0.25) is 0 Å². The molecule has 0 aliphatic heterocycles. The highest BCUT2D eigenvalue weighted by Crippen LogP contribution is 2.40. The molecular formula is C27H19FN4. The molecule has 3 aromatic carbocycles. The number of fused-ring (bicyclic) bond motifs is 1. The van der Waals surface area contributed by atoms with Crippen LogP contribution in [0.2, 0.25) is 0 Å². The van der Waals surface area contributed by atoms with Crippen molar-refractivity contribution in [1.82, 2.24) is 9.55 Å². The van der Waals surface area contributed by atoms with Crippen LogP contribution in [0.15, 0.2) is 91.3 Å². The van der Waals surface area contributed by atoms with Gasteiger partial charge in [0.05, 0.1) is 0 Å². The Kier molecular flexibility index (Phi) is 4.89. The van der Waals surface area contributed by atoms with Crippen LogP contribution in [-0.4, -0.2) is 9.55 Å². The van der Waals surface area contributed by atoms with E-state index in [4.69, 9.17) is 5.73 Å². The molecule has 5 rings (SSSR count). The maximum absolute atomic E-state index is 13.4. The van der Waals surface area contributed by atoms with E-state index in [-0.39, 0.29) is 11.6 Å². The van der Waals surface area contributed by atoms with Crippen LogP contribution < -0.4 is 5.73 Å². The van der Waals surface area contributed by atoms with Gasteiger partial charge in [0.1, 0.15) is 23.3 Å². The lowest BCUT2D eigenvalue weighted by molar-refractivity contribution is 0.626. The fourth-order valence-electron chi connectivity index (χ4n) is 4.12. The Balaban J connectivity index is 1.77. The highest BCUT2D eigenvalue weighted by atomic mass is 19.1. The van der Waals surface area contributed by atoms with Crippen LogP contribution in [0.3, 0.4) is 0 Å². The lowest BCUT2D eigenvalue weighted by Crippen LogP contribution is -2.00. The Hall–Kier alpha value is -4.43. The molecule has 0 amide bonds. The predicted octanol–water partition coefficient (Wildman–Crippen LogP) is 6.01. The summed E-state index contributed by atoms with van der Waals surface area (Å²) in [6.07, 6.45) is 3.77. The monoisotopic (exact) mass is 418 g/mol. The van der Waals surface area contributed by atoms with Gasteiger partial charge < -0.3 is 10.3 Å². The Morgan fingerprint density at radius 1 is 0.906 bits per heavy atom. The van der Waals surface area contributed by atoms with Crippen molar-refractivity contribution in [2.45, 2.75) is 6.54 Å². The number of para-hydroxylation sites is 1. The van der Waals surface area contributed by atoms with Gasteiger partial charge in [-0.2, -0.15) is 5.26 Å². The average Bonchev–Trinajstić information content (AvgIpc) is 3.19. The van der Waals surface area contributed by atoms with E-state index in [1.165, 1.54) is 12.1 Å². The normalized spacial score (nSPS) is 10.9. The summed E-state index contributed by atoms with van der Waals surface area (Å²) in [5.74, 6) is -0.0530. The zero-order valence-electron chi connectivity index (χ0n) is 17.2. The molecule has 0 aliphatic carbocycles. The molecule has 5 aromatic rings. The van der Waals surface area contributed by atoms with Crippen molar-refractivity contribution in [2.24, 2.45) is 0 Å². The number of hydrogen-bond donors (Lipinski definition) is 1. The lowest BCUT2D eigenvalue weighted by Gasteiger charge is -2.12. The SMILES string of the molecule is N#Cc1c(N)ncc(-c2ccccc2)c1-c1cn(Cc2ccc(F)cc2)c2ccccc12. The quantitative estimate of drug-likeness (QED) is 0.388. The van der Waals surface area contributed by atoms with Crippen molar-refractivity contribution in [1.29, 1.82) is 5.26 Å². The van der Waals surface area contributed by atoms with Crippen molar-refractivity contribution in [3.8, 4) is 28.3 Å². The van der Waals surface area contributed by atoms with Crippen LogP contribution in [0, 0.1) is 17.1 Å². The summed E-state index contributed by atoms with van der Waals surface area (Å²) in [5.41, 5.74) is 12.0. The molecule has 0 radical (unpaired) electrons. The van der Waals surface area contributed by atoms with Crippen molar-refractivity contribution in [3.05, 3.63) is 108 Å². The highest BCUT2D eigenvalue weighted by Gasteiger charge is 2.20. The van der Waals surface area contributed by atoms with Gasteiger partial charge in [0, 0.05) is 46.5 Å². The molecule has 0 bridgehead atoms. The predicted molar refractivity (Wildman–Crippen MR) is 125 cm³/mol. The first kappa shape index (κ1) is 19.5. The molecule has 0 unspecified atom stereocenters. The topological polar surface area (TPSA) is 67.6 Å². The molecule has 4 nitrogen and oxygen atoms in total. The van der Waals surface area contributed by atoms with Gasteiger partial charge in [-0.25, -0.2) is 9.37 Å². The number of nitrogens with zero attached hydrogens (tertiary/aromatic N) is 3. The first-order valence-corrected chi connectivity index (χ1v) is 10.2. The second-order valence-electron chi connectivity index (χ2n) is 7.60. The third-order valence-corrected chi connectivity index (χ3v) is 5.63. The first-order valence-electron chi connectivity index (χ1n) is 10.2. The summed E-state index contributed by atoms with van der Waals surface area (Å²) < 4.78 is 15.5. The van der Waals surface area contributed by atoms with Gasteiger partial charge in [-0.1, -0.05) is 60.7 Å². The third-order valence-electron chi connectivity index (χ3n) is 5.63. The fourth-order valence-corrected chi connectivity index (χ4v) is 4.12. The molecule has 32 heavy (non-hydrogen) atoms. The molecule has 0 aliphatic rings. The van der Waals surface area contributed by atoms with Gasteiger partial charge in [-0.3, -0.25) is 0 Å². The first-order chi connectivity index (χ1) is 15.7. The lowest BCUT2D eigenvalue weighted by atomic mass is 9.92. The number of anilines is 1. The molecule has 0 saturated carbocycles. The number of hydrogen-bond acceptors (Lipinski definition) is 3. The number of nitrogen functional groups attached to an aromatic ring is 1. The fraction of sp³-hybridized carbons (Fsp3) is 0.0370. The van der Waals surface area contributed by atoms with E-state index in [1.807, 2.05) is 60.8 Å². The Bertz CT molecular complexity index is 1460. The van der Waals surface area contributed by atoms with Crippen molar-refractivity contribution < 1.29 is 4.39 Å². The summed E-state index contributed by atoms with van der Waals surface area (Å²) in [4.78, 5) is 4.29. The van der Waals surface area contributed by atoms with E-state index < -0.39 is 0 Å². The third kappa shape index (κ3) is 3.38. The number of nitrogens with two attached hydrogens (primary N) is 1. The van der Waals surface area contributed by atoms with Crippen LogP contribution in [-0.2, 0) is 6.54 Å². The van der Waals surface area contributed by atoms with Gasteiger partial charge in [0.15, 0.2) is 0 Å². The minimum Gasteiger partial charge on any atom is -0.383 e. The smallest absolute Gasteiger partial charge is 0.141 e. The summed E-state index contributed by atoms with van der Waals surface area (Å²) in [6.45, 7) is 0.573. The molecule has 2 N–H and O–H groups in total. The number of benzene rings is 3. The second kappa shape index (κ2) is 8.01. The summed E-state index contributed by atoms with van der Waals surface area (Å²) in [6, 6.07) is 26.7. The summed E-state index contributed by atoms with van der Waals surface area (Å²) in [5, 5.41) is 11.0. The van der Waals surface area contributed by atoms with Crippen LogP contribution in [0.25, 0.3) is 33.2 Å². The second-order valence-corrected chi connectivity index (χ2v) is 7.60. The molecular weight excluding hydrogens is 399 g/mol. The molecule has 2 heterocycles. The zero-order chi connectivity index (χ0) is 22.1. The Labute approximate surface area is 185 Å². The van der Waals surface area contributed by atoms with Crippen LogP contribution in [0.1, 0.15) is 11.1 Å². The molecule has 154 valence electrons. The number of pyridine rings is 1. The van der Waals surface area contributed by atoms with Crippen molar-refractivity contribution in [2.75, 3.05) is 5.73 Å². The van der Waals surface area contributed by atoms with E-state index >= 15 is 0 Å². The maximum atomic E-state index is 13.4. The minimum atomic E-state index is -0.259. The van der Waals surface area contributed by atoms with Crippen LogP contribution in [0.5, 0.6) is 0 Å². The number of nitriles is 1. The maximum Gasteiger partial charge on any atom is 0.141 e. The summed E-state index contributed by atoms with van der Waals surface area (Å²) >= 11 is 0. The largest absolute Gasteiger partial charge is 0.383 e. The van der Waals surface area contributed by atoms with Gasteiger partial charge >= 0.3 is 0 Å². The van der Waals surface area contributed by atoms with Gasteiger partial charge in [-0.15, -0.1) is 0 Å². The minimum absolute atomic E-state index is 0.206. The van der Waals surface area contributed by atoms with E-state index in [0.29, 0.717) is 12.1 Å². The number of rotatable bonds is 4. The van der Waals surface area contributed by atoms with Gasteiger partial charge in [-0.05, 0) is 29.3 Å². The number of aromatic nitrogens is 2. The van der Waals surface area contributed by atoms with E-state index in [0.717, 1.165) is 38.7 Å². The zero-order valence-corrected chi connectivity index (χ0v) is 17.2. The van der Waals surface area contributed by atoms with Crippen LogP contribution >= 0.6 is 0 Å². The molecule has 0 spiro atoms. The van der Waals surface area contributed by atoms with E-state index in [2.05, 4.69) is 15.6 Å². The van der Waals surface area contributed by atoms with Gasteiger partial charge in [0.25, 0.3) is 0 Å². The molecule has 0 saturated heterocycles. The van der Waals surface area contributed by atoms with Crippen molar-refractivity contribution >= 4 is 16.7 Å². The molecule has 0 fully saturated rings. The van der Waals surface area contributed by atoms with Crippen molar-refractivity contribution in [3.63, 3.8) is 0 Å². The average molecular weight is 418 g/mol. The summed E-state index contributed by atoms with van der Waals surface area (Å²) in [7, 11) is 0. The van der Waals surface area contributed by atoms with E-state index in [1.54, 1.807) is 18.3 Å².